The summed E-state index contributed by atoms with van der Waals surface area (Å²) in [6, 6.07) is 13.0. The second-order valence-corrected chi connectivity index (χ2v) is 6.49. The molecule has 0 aromatic heterocycles. The van der Waals surface area contributed by atoms with Crippen LogP contribution >= 0.6 is 43.5 Å². The molecule has 0 radical (unpaired) electrons. The highest BCUT2D eigenvalue weighted by Crippen LogP contribution is 2.27. The molecule has 4 heteroatoms. The first-order valence-electron chi connectivity index (χ1n) is 5.85. The summed E-state index contributed by atoms with van der Waals surface area (Å²) in [5, 5.41) is 0. The Morgan fingerprint density at radius 2 is 1.79 bits per heavy atom. The number of hydrogen-bond acceptors (Lipinski definition) is 0. The molecule has 0 fully saturated rings. The van der Waals surface area contributed by atoms with Crippen LogP contribution in [0.15, 0.2) is 51.4 Å². The summed E-state index contributed by atoms with van der Waals surface area (Å²) < 4.78 is 15.7. The van der Waals surface area contributed by atoms with Gasteiger partial charge in [0.05, 0.1) is 0 Å². The van der Waals surface area contributed by atoms with Crippen LogP contribution in [0.3, 0.4) is 0 Å². The summed E-state index contributed by atoms with van der Waals surface area (Å²) >= 11 is 12.9. The van der Waals surface area contributed by atoms with Gasteiger partial charge in [0.2, 0.25) is 0 Å². The lowest BCUT2D eigenvalue weighted by Crippen LogP contribution is -2.06. The summed E-state index contributed by atoms with van der Waals surface area (Å²) in [6.45, 7) is 0. The SMILES string of the molecule is Fc1ccc(Br)cc1CC(CCl)c1cccc(Br)c1. The van der Waals surface area contributed by atoms with Crippen LogP contribution in [-0.2, 0) is 6.42 Å². The van der Waals surface area contributed by atoms with Crippen LogP contribution in [-0.4, -0.2) is 5.88 Å². The number of alkyl halides is 1. The fourth-order valence-electron chi connectivity index (χ4n) is 1.99. The van der Waals surface area contributed by atoms with Gasteiger partial charge in [0, 0.05) is 20.7 Å². The van der Waals surface area contributed by atoms with E-state index in [4.69, 9.17) is 11.6 Å². The Kier molecular flexibility index (Phi) is 5.43. The van der Waals surface area contributed by atoms with E-state index >= 15 is 0 Å². The Bertz CT molecular complexity index is 572. The van der Waals surface area contributed by atoms with Crippen LogP contribution in [0.2, 0.25) is 0 Å². The molecule has 2 rings (SSSR count). The van der Waals surface area contributed by atoms with Gasteiger partial charge in [-0.15, -0.1) is 11.6 Å². The molecule has 0 nitrogen and oxygen atoms in total. The third kappa shape index (κ3) is 4.04. The molecule has 0 saturated heterocycles. The Morgan fingerprint density at radius 1 is 1.05 bits per heavy atom. The van der Waals surface area contributed by atoms with Gasteiger partial charge in [0.25, 0.3) is 0 Å². The van der Waals surface area contributed by atoms with E-state index in [1.165, 1.54) is 6.07 Å². The minimum Gasteiger partial charge on any atom is -0.207 e. The summed E-state index contributed by atoms with van der Waals surface area (Å²) in [5.74, 6) is 0.374. The first-order valence-corrected chi connectivity index (χ1v) is 7.97. The summed E-state index contributed by atoms with van der Waals surface area (Å²) in [4.78, 5) is 0. The van der Waals surface area contributed by atoms with Crippen molar-refractivity contribution in [2.24, 2.45) is 0 Å². The van der Waals surface area contributed by atoms with Crippen molar-refractivity contribution in [3.63, 3.8) is 0 Å². The van der Waals surface area contributed by atoms with E-state index in [0.29, 0.717) is 17.9 Å². The Labute approximate surface area is 134 Å². The molecule has 2 aromatic carbocycles. The van der Waals surface area contributed by atoms with Crippen LogP contribution in [0.1, 0.15) is 17.0 Å². The molecule has 19 heavy (non-hydrogen) atoms. The first kappa shape index (κ1) is 15.0. The molecule has 2 aromatic rings. The fourth-order valence-corrected chi connectivity index (χ4v) is 3.10. The average molecular weight is 407 g/mol. The molecule has 0 spiro atoms. The quantitative estimate of drug-likeness (QED) is 0.553. The molecule has 0 heterocycles. The maximum Gasteiger partial charge on any atom is 0.126 e. The van der Waals surface area contributed by atoms with Crippen LogP contribution in [0.25, 0.3) is 0 Å². The lowest BCUT2D eigenvalue weighted by Gasteiger charge is -2.15. The average Bonchev–Trinajstić information content (AvgIpc) is 2.39. The Hall–Kier alpha value is -0.380. The highest BCUT2D eigenvalue weighted by Gasteiger charge is 2.14. The molecule has 0 aliphatic heterocycles. The van der Waals surface area contributed by atoms with E-state index in [-0.39, 0.29) is 11.7 Å². The van der Waals surface area contributed by atoms with Crippen molar-refractivity contribution in [3.05, 3.63) is 68.4 Å². The Balaban J connectivity index is 2.26. The lowest BCUT2D eigenvalue weighted by molar-refractivity contribution is 0.598. The van der Waals surface area contributed by atoms with E-state index in [1.807, 2.05) is 30.3 Å². The van der Waals surface area contributed by atoms with Gasteiger partial charge in [-0.05, 0) is 47.9 Å². The first-order chi connectivity index (χ1) is 9.10. The van der Waals surface area contributed by atoms with Gasteiger partial charge in [-0.25, -0.2) is 4.39 Å². The maximum absolute atomic E-state index is 13.8. The van der Waals surface area contributed by atoms with Gasteiger partial charge in [-0.1, -0.05) is 44.0 Å². The zero-order valence-corrected chi connectivity index (χ0v) is 14.0. The topological polar surface area (TPSA) is 0 Å². The summed E-state index contributed by atoms with van der Waals surface area (Å²) in [6.07, 6.45) is 0.589. The molecular weight excluding hydrogens is 394 g/mol. The molecule has 0 saturated carbocycles. The van der Waals surface area contributed by atoms with E-state index in [2.05, 4.69) is 31.9 Å². The van der Waals surface area contributed by atoms with Gasteiger partial charge in [0.1, 0.15) is 5.82 Å². The van der Waals surface area contributed by atoms with Crippen molar-refractivity contribution in [2.75, 3.05) is 5.88 Å². The minimum atomic E-state index is -0.187. The predicted molar refractivity (Wildman–Crippen MR) is 85.4 cm³/mol. The summed E-state index contributed by atoms with van der Waals surface area (Å²) in [5.41, 5.74) is 1.80. The van der Waals surface area contributed by atoms with Crippen molar-refractivity contribution < 1.29 is 4.39 Å². The summed E-state index contributed by atoms with van der Waals surface area (Å²) in [7, 11) is 0. The molecule has 0 amide bonds. The van der Waals surface area contributed by atoms with Crippen molar-refractivity contribution in [1.82, 2.24) is 0 Å². The zero-order valence-electron chi connectivity index (χ0n) is 10.0. The smallest absolute Gasteiger partial charge is 0.126 e. The van der Waals surface area contributed by atoms with Crippen molar-refractivity contribution in [3.8, 4) is 0 Å². The molecule has 1 unspecified atom stereocenters. The molecule has 0 aliphatic carbocycles. The predicted octanol–water partition coefficient (Wildman–Crippen LogP) is 5.92. The van der Waals surface area contributed by atoms with E-state index < -0.39 is 0 Å². The lowest BCUT2D eigenvalue weighted by atomic mass is 9.93. The van der Waals surface area contributed by atoms with Crippen LogP contribution in [0.4, 0.5) is 4.39 Å². The minimum absolute atomic E-state index is 0.1000. The standard InChI is InChI=1S/C15H12Br2ClF/c16-13-3-1-2-10(7-13)12(9-18)6-11-8-14(17)4-5-15(11)19/h1-5,7-8,12H,6,9H2. The van der Waals surface area contributed by atoms with Gasteiger partial charge in [-0.3, -0.25) is 0 Å². The third-order valence-electron chi connectivity index (χ3n) is 2.98. The molecule has 0 N–H and O–H groups in total. The Morgan fingerprint density at radius 3 is 2.47 bits per heavy atom. The number of benzene rings is 2. The molecule has 0 aliphatic rings. The van der Waals surface area contributed by atoms with Crippen molar-refractivity contribution >= 4 is 43.5 Å². The number of rotatable bonds is 4. The van der Waals surface area contributed by atoms with Crippen LogP contribution in [0.5, 0.6) is 0 Å². The highest BCUT2D eigenvalue weighted by molar-refractivity contribution is 9.10. The van der Waals surface area contributed by atoms with Gasteiger partial charge in [-0.2, -0.15) is 0 Å². The van der Waals surface area contributed by atoms with Gasteiger partial charge >= 0.3 is 0 Å². The third-order valence-corrected chi connectivity index (χ3v) is 4.34. The molecule has 0 bridgehead atoms. The zero-order chi connectivity index (χ0) is 13.8. The van der Waals surface area contributed by atoms with Gasteiger partial charge < -0.3 is 0 Å². The van der Waals surface area contributed by atoms with Crippen LogP contribution in [0, 0.1) is 5.82 Å². The normalized spacial score (nSPS) is 12.4. The molecule has 100 valence electrons. The van der Waals surface area contributed by atoms with E-state index in [1.54, 1.807) is 6.07 Å². The van der Waals surface area contributed by atoms with E-state index in [0.717, 1.165) is 14.5 Å². The second kappa shape index (κ2) is 6.87. The van der Waals surface area contributed by atoms with E-state index in [9.17, 15) is 4.39 Å². The van der Waals surface area contributed by atoms with Crippen LogP contribution < -0.4 is 0 Å². The maximum atomic E-state index is 13.8. The highest BCUT2D eigenvalue weighted by atomic mass is 79.9. The second-order valence-electron chi connectivity index (χ2n) is 4.35. The monoisotopic (exact) mass is 404 g/mol. The number of halogens is 4. The molecule has 1 atom stereocenters. The van der Waals surface area contributed by atoms with Gasteiger partial charge in [0.15, 0.2) is 0 Å². The molecular formula is C15H12Br2ClF. The number of hydrogen-bond donors (Lipinski definition) is 0. The largest absolute Gasteiger partial charge is 0.207 e. The van der Waals surface area contributed by atoms with Crippen molar-refractivity contribution in [2.45, 2.75) is 12.3 Å². The van der Waals surface area contributed by atoms with Crippen molar-refractivity contribution in [1.29, 1.82) is 0 Å². The fraction of sp³-hybridized carbons (Fsp3) is 0.200.